The van der Waals surface area contributed by atoms with Gasteiger partial charge in [-0.2, -0.15) is 0 Å². The molecule has 8 heteroatoms. The fourth-order valence-corrected chi connectivity index (χ4v) is 3.98. The number of aryl methyl sites for hydroxylation is 1. The zero-order valence-corrected chi connectivity index (χ0v) is 19.1. The highest BCUT2D eigenvalue weighted by atomic mass is 127. The summed E-state index contributed by atoms with van der Waals surface area (Å²) in [7, 11) is 1.82. The Bertz CT molecular complexity index is 558. The Morgan fingerprint density at radius 2 is 2.08 bits per heavy atom. The summed E-state index contributed by atoms with van der Waals surface area (Å²) < 4.78 is 8.04. The molecule has 0 spiro atoms. The summed E-state index contributed by atoms with van der Waals surface area (Å²) in [6.07, 6.45) is 6.30. The lowest BCUT2D eigenvalue weighted by Gasteiger charge is -2.55. The number of guanidine groups is 1. The van der Waals surface area contributed by atoms with Gasteiger partial charge >= 0.3 is 0 Å². The van der Waals surface area contributed by atoms with Gasteiger partial charge in [-0.25, -0.2) is 0 Å². The van der Waals surface area contributed by atoms with Crippen molar-refractivity contribution in [3.05, 3.63) is 12.2 Å². The number of nitrogens with zero attached hydrogens (tertiary/aromatic N) is 4. The van der Waals surface area contributed by atoms with Crippen LogP contribution >= 0.6 is 24.0 Å². The van der Waals surface area contributed by atoms with Crippen molar-refractivity contribution in [1.29, 1.82) is 0 Å². The third-order valence-electron chi connectivity index (χ3n) is 5.66. The summed E-state index contributed by atoms with van der Waals surface area (Å²) in [5, 5.41) is 15.1. The summed E-state index contributed by atoms with van der Waals surface area (Å²) in [4.78, 5) is 4.39. The fourth-order valence-electron chi connectivity index (χ4n) is 3.98. The van der Waals surface area contributed by atoms with Gasteiger partial charge in [0, 0.05) is 44.6 Å². The minimum atomic E-state index is 0. The lowest BCUT2D eigenvalue weighted by Crippen LogP contribution is -2.65. The molecule has 1 aromatic heterocycles. The molecule has 7 nitrogen and oxygen atoms in total. The molecule has 0 aliphatic heterocycles. The van der Waals surface area contributed by atoms with Gasteiger partial charge in [0.05, 0.1) is 6.10 Å². The number of halogens is 1. The maximum absolute atomic E-state index is 5.96. The molecule has 150 valence electrons. The van der Waals surface area contributed by atoms with Crippen LogP contribution in [0.25, 0.3) is 0 Å². The van der Waals surface area contributed by atoms with Gasteiger partial charge in [-0.15, -0.1) is 34.2 Å². The van der Waals surface area contributed by atoms with E-state index in [1.807, 2.05) is 7.05 Å². The van der Waals surface area contributed by atoms with Crippen molar-refractivity contribution < 1.29 is 4.74 Å². The Labute approximate surface area is 174 Å². The summed E-state index contributed by atoms with van der Waals surface area (Å²) in [6, 6.07) is 0.409. The van der Waals surface area contributed by atoms with E-state index in [1.54, 1.807) is 6.33 Å². The van der Waals surface area contributed by atoms with Gasteiger partial charge in [-0.1, -0.05) is 20.8 Å². The lowest BCUT2D eigenvalue weighted by molar-refractivity contribution is -0.133. The number of nitrogens with one attached hydrogen (secondary N) is 2. The van der Waals surface area contributed by atoms with Crippen LogP contribution in [0, 0.1) is 5.41 Å². The third kappa shape index (κ3) is 4.88. The molecule has 26 heavy (non-hydrogen) atoms. The van der Waals surface area contributed by atoms with E-state index in [9.17, 15) is 0 Å². The van der Waals surface area contributed by atoms with E-state index < -0.39 is 0 Å². The second-order valence-corrected chi connectivity index (χ2v) is 6.61. The third-order valence-corrected chi connectivity index (χ3v) is 5.66. The van der Waals surface area contributed by atoms with Gasteiger partial charge in [-0.3, -0.25) is 4.99 Å². The molecule has 2 rings (SSSR count). The fraction of sp³-hybridized carbons (Fsp3) is 0.833. The van der Waals surface area contributed by atoms with Crippen molar-refractivity contribution in [2.24, 2.45) is 10.4 Å². The van der Waals surface area contributed by atoms with Gasteiger partial charge in [0.15, 0.2) is 5.96 Å². The molecule has 2 N–H and O–H groups in total. The predicted molar refractivity (Wildman–Crippen MR) is 116 cm³/mol. The first kappa shape index (κ1) is 23.1. The number of ether oxygens (including phenoxy) is 1. The molecule has 2 atom stereocenters. The van der Waals surface area contributed by atoms with E-state index in [0.29, 0.717) is 12.1 Å². The monoisotopic (exact) mass is 478 g/mol. The maximum atomic E-state index is 5.96. The second-order valence-electron chi connectivity index (χ2n) is 6.61. The van der Waals surface area contributed by atoms with Crippen LogP contribution in [0.15, 0.2) is 11.3 Å². The number of aliphatic imine (C=N–C) groups is 1. The summed E-state index contributed by atoms with van der Waals surface area (Å²) in [6.45, 7) is 11.1. The van der Waals surface area contributed by atoms with Crippen molar-refractivity contribution in [2.45, 2.75) is 72.1 Å². The summed E-state index contributed by atoms with van der Waals surface area (Å²) >= 11 is 0. The van der Waals surface area contributed by atoms with Gasteiger partial charge < -0.3 is 19.9 Å². The Morgan fingerprint density at radius 1 is 1.35 bits per heavy atom. The molecule has 0 bridgehead atoms. The maximum Gasteiger partial charge on any atom is 0.191 e. The van der Waals surface area contributed by atoms with Crippen molar-refractivity contribution in [3.8, 4) is 0 Å². The molecule has 1 aliphatic carbocycles. The standard InChI is InChI=1S/C18H34N6O.HI/c1-6-16-23-21-13-24(16)11-10-20-17(19-5)22-14-12-15(25-9-4)18(14,7-2)8-3;/h13-15H,6-12H2,1-5H3,(H2,19,20,22);1H. The Kier molecular flexibility index (Phi) is 9.84. The second kappa shape index (κ2) is 11.1. The van der Waals surface area contributed by atoms with Crippen molar-refractivity contribution >= 4 is 29.9 Å². The van der Waals surface area contributed by atoms with Crippen LogP contribution < -0.4 is 10.6 Å². The van der Waals surface area contributed by atoms with Crippen LogP contribution in [0.3, 0.4) is 0 Å². The molecular weight excluding hydrogens is 443 g/mol. The molecule has 0 radical (unpaired) electrons. The highest BCUT2D eigenvalue weighted by Crippen LogP contribution is 2.48. The van der Waals surface area contributed by atoms with E-state index in [4.69, 9.17) is 4.74 Å². The van der Waals surface area contributed by atoms with E-state index in [-0.39, 0.29) is 29.4 Å². The van der Waals surface area contributed by atoms with Crippen LogP contribution in [0.2, 0.25) is 0 Å². The molecule has 0 saturated heterocycles. The van der Waals surface area contributed by atoms with Crippen LogP contribution in [0.5, 0.6) is 0 Å². The first-order chi connectivity index (χ1) is 12.1. The van der Waals surface area contributed by atoms with Gasteiger partial charge in [0.1, 0.15) is 12.2 Å². The Balaban J connectivity index is 0.00000338. The molecule has 1 aliphatic rings. The quantitative estimate of drug-likeness (QED) is 0.324. The van der Waals surface area contributed by atoms with E-state index in [0.717, 1.165) is 57.2 Å². The van der Waals surface area contributed by atoms with E-state index in [2.05, 4.69) is 58.1 Å². The largest absolute Gasteiger partial charge is 0.378 e. The number of aromatic nitrogens is 3. The average Bonchev–Trinajstić information content (AvgIpc) is 3.08. The topological polar surface area (TPSA) is 76.4 Å². The molecular formula is C18H35IN6O. The highest BCUT2D eigenvalue weighted by molar-refractivity contribution is 14.0. The summed E-state index contributed by atoms with van der Waals surface area (Å²) in [5.74, 6) is 1.87. The number of hydrogen-bond donors (Lipinski definition) is 2. The van der Waals surface area contributed by atoms with Crippen LogP contribution in [-0.2, 0) is 17.7 Å². The van der Waals surface area contributed by atoms with Crippen molar-refractivity contribution in [2.75, 3.05) is 20.2 Å². The predicted octanol–water partition coefficient (Wildman–Crippen LogP) is 2.61. The molecule has 0 amide bonds. The molecule has 0 aromatic carbocycles. The normalized spacial score (nSPS) is 21.7. The molecule has 1 heterocycles. The Hall–Kier alpha value is -0.900. The average molecular weight is 478 g/mol. The first-order valence-corrected chi connectivity index (χ1v) is 9.60. The van der Waals surface area contributed by atoms with Gasteiger partial charge in [-0.05, 0) is 26.2 Å². The zero-order valence-electron chi connectivity index (χ0n) is 16.8. The number of hydrogen-bond acceptors (Lipinski definition) is 4. The minimum Gasteiger partial charge on any atom is -0.378 e. The number of rotatable bonds is 9. The van der Waals surface area contributed by atoms with Gasteiger partial charge in [0.2, 0.25) is 0 Å². The summed E-state index contributed by atoms with van der Waals surface area (Å²) in [5.41, 5.74) is 0.206. The van der Waals surface area contributed by atoms with Crippen LogP contribution in [0.1, 0.15) is 52.8 Å². The lowest BCUT2D eigenvalue weighted by atomic mass is 9.58. The van der Waals surface area contributed by atoms with Crippen molar-refractivity contribution in [1.82, 2.24) is 25.4 Å². The van der Waals surface area contributed by atoms with Crippen molar-refractivity contribution in [3.63, 3.8) is 0 Å². The minimum absolute atomic E-state index is 0. The first-order valence-electron chi connectivity index (χ1n) is 9.60. The molecule has 1 saturated carbocycles. The Morgan fingerprint density at radius 3 is 2.65 bits per heavy atom. The molecule has 1 aromatic rings. The smallest absolute Gasteiger partial charge is 0.191 e. The zero-order chi connectivity index (χ0) is 18.3. The van der Waals surface area contributed by atoms with Gasteiger partial charge in [0.25, 0.3) is 0 Å². The van der Waals surface area contributed by atoms with Crippen LogP contribution in [0.4, 0.5) is 0 Å². The van der Waals surface area contributed by atoms with E-state index in [1.165, 1.54) is 0 Å². The molecule has 2 unspecified atom stereocenters. The van der Waals surface area contributed by atoms with Crippen LogP contribution in [-0.4, -0.2) is 53.1 Å². The highest BCUT2D eigenvalue weighted by Gasteiger charge is 2.53. The van der Waals surface area contributed by atoms with E-state index >= 15 is 0 Å². The SMILES string of the molecule is CCOC1CC(NC(=NC)NCCn2cnnc2CC)C1(CC)CC.I. The molecule has 1 fully saturated rings.